The van der Waals surface area contributed by atoms with E-state index in [9.17, 15) is 12.8 Å². The van der Waals surface area contributed by atoms with Crippen molar-refractivity contribution in [2.24, 2.45) is 0 Å². The van der Waals surface area contributed by atoms with Crippen molar-refractivity contribution in [3.05, 3.63) is 70.1 Å². The number of rotatable bonds is 6. The predicted octanol–water partition coefficient (Wildman–Crippen LogP) is 4.99. The summed E-state index contributed by atoms with van der Waals surface area (Å²) < 4.78 is 47.8. The quantitative estimate of drug-likeness (QED) is 0.541. The number of aromatic nitrogens is 1. The molecule has 1 heterocycles. The molecule has 29 heavy (non-hydrogen) atoms. The van der Waals surface area contributed by atoms with Gasteiger partial charge in [0.1, 0.15) is 17.3 Å². The SMILES string of the molecule is CNCc1cn(S(=O)(=O)c2cccc(Cl)c2)c(-c2ccc(Cl)cc2F)c1OC.Cl. The molecule has 0 unspecified atom stereocenters. The Morgan fingerprint density at radius 2 is 1.83 bits per heavy atom. The highest BCUT2D eigenvalue weighted by molar-refractivity contribution is 7.90. The van der Waals surface area contributed by atoms with Crippen molar-refractivity contribution in [1.82, 2.24) is 9.29 Å². The number of halogens is 4. The second-order valence-corrected chi connectivity index (χ2v) is 8.64. The number of hydrogen-bond donors (Lipinski definition) is 1. The van der Waals surface area contributed by atoms with Gasteiger partial charge in [0.2, 0.25) is 0 Å². The minimum atomic E-state index is -4.07. The van der Waals surface area contributed by atoms with Gasteiger partial charge in [-0.15, -0.1) is 12.4 Å². The zero-order chi connectivity index (χ0) is 20.5. The summed E-state index contributed by atoms with van der Waals surface area (Å²) in [5.41, 5.74) is 0.677. The van der Waals surface area contributed by atoms with Crippen LogP contribution in [0.3, 0.4) is 0 Å². The van der Waals surface area contributed by atoms with Crippen molar-refractivity contribution in [3.63, 3.8) is 0 Å². The van der Waals surface area contributed by atoms with Crippen molar-refractivity contribution in [2.75, 3.05) is 14.2 Å². The largest absolute Gasteiger partial charge is 0.494 e. The van der Waals surface area contributed by atoms with Crippen molar-refractivity contribution in [2.45, 2.75) is 11.4 Å². The minimum Gasteiger partial charge on any atom is -0.494 e. The van der Waals surface area contributed by atoms with Crippen molar-refractivity contribution >= 4 is 45.6 Å². The van der Waals surface area contributed by atoms with Crippen LogP contribution in [0.5, 0.6) is 5.75 Å². The van der Waals surface area contributed by atoms with Gasteiger partial charge in [0.25, 0.3) is 10.0 Å². The standard InChI is InChI=1S/C19H17Cl2FN2O3S.ClH/c1-23-10-12-11-24(28(25,26)15-5-3-4-13(20)8-15)18(19(12)27-2)16-7-6-14(21)9-17(16)22;/h3-9,11,23H,10H2,1-2H3;1H. The number of nitrogens with one attached hydrogen (secondary N) is 1. The van der Waals surface area contributed by atoms with E-state index in [4.69, 9.17) is 27.9 Å². The van der Waals surface area contributed by atoms with Crippen LogP contribution in [0, 0.1) is 5.82 Å². The summed E-state index contributed by atoms with van der Waals surface area (Å²) >= 11 is 11.8. The molecular weight excluding hydrogens is 462 g/mol. The predicted molar refractivity (Wildman–Crippen MR) is 115 cm³/mol. The molecule has 156 valence electrons. The van der Waals surface area contributed by atoms with Crippen LogP contribution in [0.15, 0.2) is 53.6 Å². The fraction of sp³-hybridized carbons (Fsp3) is 0.158. The van der Waals surface area contributed by atoms with Gasteiger partial charge in [0.05, 0.1) is 12.0 Å². The molecule has 0 aliphatic rings. The van der Waals surface area contributed by atoms with Gasteiger partial charge in [-0.25, -0.2) is 16.8 Å². The lowest BCUT2D eigenvalue weighted by Gasteiger charge is -2.13. The average Bonchev–Trinajstić information content (AvgIpc) is 3.01. The molecular formula is C19H18Cl3FN2O3S. The van der Waals surface area contributed by atoms with Gasteiger partial charge in [0.15, 0.2) is 0 Å². The molecule has 0 spiro atoms. The van der Waals surface area contributed by atoms with Crippen molar-refractivity contribution in [1.29, 1.82) is 0 Å². The molecule has 0 saturated heterocycles. The molecule has 1 N–H and O–H groups in total. The molecule has 1 aromatic heterocycles. The Hall–Kier alpha value is -1.77. The van der Waals surface area contributed by atoms with Crippen LogP contribution < -0.4 is 10.1 Å². The van der Waals surface area contributed by atoms with E-state index in [-0.39, 0.29) is 44.4 Å². The minimum absolute atomic E-state index is 0. The van der Waals surface area contributed by atoms with Crippen LogP contribution in [0.4, 0.5) is 4.39 Å². The normalized spacial score (nSPS) is 11.2. The molecule has 3 rings (SSSR count). The third-order valence-corrected chi connectivity index (χ3v) is 6.24. The van der Waals surface area contributed by atoms with Crippen LogP contribution >= 0.6 is 35.6 Å². The average molecular weight is 480 g/mol. The number of hydrogen-bond acceptors (Lipinski definition) is 4. The van der Waals surface area contributed by atoms with Crippen LogP contribution in [-0.4, -0.2) is 26.5 Å². The van der Waals surface area contributed by atoms with Gasteiger partial charge in [-0.1, -0.05) is 29.3 Å². The first-order chi connectivity index (χ1) is 13.3. The fourth-order valence-electron chi connectivity index (χ4n) is 2.91. The Balaban J connectivity index is 0.00000300. The van der Waals surface area contributed by atoms with E-state index in [1.165, 1.54) is 43.6 Å². The molecule has 0 fully saturated rings. The fourth-order valence-corrected chi connectivity index (χ4v) is 4.77. The molecule has 5 nitrogen and oxygen atoms in total. The zero-order valence-corrected chi connectivity index (χ0v) is 18.6. The van der Waals surface area contributed by atoms with Gasteiger partial charge in [0, 0.05) is 33.9 Å². The molecule has 0 amide bonds. The third kappa shape index (κ3) is 4.54. The van der Waals surface area contributed by atoms with Crippen molar-refractivity contribution < 1.29 is 17.5 Å². The van der Waals surface area contributed by atoms with Gasteiger partial charge in [-0.3, -0.25) is 0 Å². The van der Waals surface area contributed by atoms with E-state index in [0.717, 1.165) is 10.0 Å². The van der Waals surface area contributed by atoms with E-state index in [0.29, 0.717) is 12.1 Å². The lowest BCUT2D eigenvalue weighted by molar-refractivity contribution is 0.411. The maximum absolute atomic E-state index is 14.7. The molecule has 0 bridgehead atoms. The van der Waals surface area contributed by atoms with Gasteiger partial charge < -0.3 is 10.1 Å². The number of nitrogens with zero attached hydrogens (tertiary/aromatic N) is 1. The molecule has 10 heteroatoms. The Morgan fingerprint density at radius 1 is 1.14 bits per heavy atom. The highest BCUT2D eigenvalue weighted by atomic mass is 35.5. The third-order valence-electron chi connectivity index (χ3n) is 4.11. The van der Waals surface area contributed by atoms with Crippen LogP contribution in [0.25, 0.3) is 11.3 Å². The van der Waals surface area contributed by atoms with Crippen LogP contribution in [0.2, 0.25) is 10.0 Å². The molecule has 0 aliphatic carbocycles. The second kappa shape index (κ2) is 9.36. The molecule has 0 radical (unpaired) electrons. The topological polar surface area (TPSA) is 60.3 Å². The summed E-state index contributed by atoms with van der Waals surface area (Å²) in [5, 5.41) is 3.42. The van der Waals surface area contributed by atoms with E-state index < -0.39 is 15.8 Å². The van der Waals surface area contributed by atoms with Crippen molar-refractivity contribution in [3.8, 4) is 17.0 Å². The highest BCUT2D eigenvalue weighted by Crippen LogP contribution is 2.39. The molecule has 3 aromatic rings. The number of methoxy groups -OCH3 is 1. The first-order valence-electron chi connectivity index (χ1n) is 8.19. The monoisotopic (exact) mass is 478 g/mol. The first-order valence-corrected chi connectivity index (χ1v) is 10.4. The summed E-state index contributed by atoms with van der Waals surface area (Å²) in [7, 11) is -0.954. The summed E-state index contributed by atoms with van der Waals surface area (Å²) in [6.45, 7) is 0.323. The molecule has 0 atom stereocenters. The number of ether oxygens (including phenoxy) is 1. The molecule has 2 aromatic carbocycles. The summed E-state index contributed by atoms with van der Waals surface area (Å²) in [4.78, 5) is -0.0238. The lowest BCUT2D eigenvalue weighted by Crippen LogP contribution is -2.14. The maximum Gasteiger partial charge on any atom is 0.268 e. The summed E-state index contributed by atoms with van der Waals surface area (Å²) in [5.74, 6) is -0.413. The zero-order valence-electron chi connectivity index (χ0n) is 15.4. The van der Waals surface area contributed by atoms with E-state index >= 15 is 0 Å². The molecule has 0 aliphatic heterocycles. The first kappa shape index (κ1) is 23.5. The Morgan fingerprint density at radius 3 is 2.41 bits per heavy atom. The Labute approximate surface area is 184 Å². The van der Waals surface area contributed by atoms with Gasteiger partial charge >= 0.3 is 0 Å². The molecule has 0 saturated carbocycles. The van der Waals surface area contributed by atoms with E-state index in [2.05, 4.69) is 5.32 Å². The lowest BCUT2D eigenvalue weighted by atomic mass is 10.1. The number of benzene rings is 2. The highest BCUT2D eigenvalue weighted by Gasteiger charge is 2.28. The Bertz CT molecular complexity index is 1130. The summed E-state index contributed by atoms with van der Waals surface area (Å²) in [6, 6.07) is 9.90. The van der Waals surface area contributed by atoms with Gasteiger partial charge in [-0.05, 0) is 43.4 Å². The van der Waals surface area contributed by atoms with Crippen LogP contribution in [-0.2, 0) is 16.6 Å². The van der Waals surface area contributed by atoms with E-state index in [1.54, 1.807) is 13.1 Å². The summed E-state index contributed by atoms with van der Waals surface area (Å²) in [6.07, 6.45) is 1.41. The van der Waals surface area contributed by atoms with Gasteiger partial charge in [-0.2, -0.15) is 0 Å². The maximum atomic E-state index is 14.7. The van der Waals surface area contributed by atoms with Crippen LogP contribution in [0.1, 0.15) is 5.56 Å². The second-order valence-electron chi connectivity index (χ2n) is 5.95. The Kier molecular flexibility index (Phi) is 7.59. The smallest absolute Gasteiger partial charge is 0.268 e. The van der Waals surface area contributed by atoms with E-state index in [1.807, 2.05) is 0 Å².